The quantitative estimate of drug-likeness (QED) is 0.0298. The van der Waals surface area contributed by atoms with Crippen LogP contribution in [0.5, 0.6) is 17.2 Å². The predicted molar refractivity (Wildman–Crippen MR) is 250 cm³/mol. The topological polar surface area (TPSA) is 196 Å². The number of methoxy groups -OCH3 is 3. The lowest BCUT2D eigenvalue weighted by molar-refractivity contribution is -0.757. The van der Waals surface area contributed by atoms with Crippen LogP contribution in [0.1, 0.15) is 81.9 Å². The van der Waals surface area contributed by atoms with Gasteiger partial charge in [0, 0.05) is 0 Å². The molecule has 0 amide bonds. The monoisotopic (exact) mass is 907 g/mol. The molecule has 0 bridgehead atoms. The number of aliphatic carboxylic acids is 1. The minimum absolute atomic E-state index is 0.00818. The van der Waals surface area contributed by atoms with E-state index in [2.05, 4.69) is 4.84 Å². The second-order valence-corrected chi connectivity index (χ2v) is 15.7. The van der Waals surface area contributed by atoms with Gasteiger partial charge in [0.25, 0.3) is 5.09 Å². The van der Waals surface area contributed by atoms with E-state index in [1.54, 1.807) is 42.1 Å². The third-order valence-electron chi connectivity index (χ3n) is 10.5. The maximum absolute atomic E-state index is 12.1. The van der Waals surface area contributed by atoms with Gasteiger partial charge in [0.2, 0.25) is 0 Å². The number of nitrogens with zero attached hydrogens (tertiary/aromatic N) is 1. The molecule has 0 aromatic heterocycles. The number of esters is 2. The summed E-state index contributed by atoms with van der Waals surface area (Å²) >= 11 is 0. The summed E-state index contributed by atoms with van der Waals surface area (Å²) in [7, 11) is 4.87. The number of benzene rings is 6. The van der Waals surface area contributed by atoms with Crippen LogP contribution in [0.25, 0.3) is 32.3 Å². The zero-order chi connectivity index (χ0) is 48.3. The summed E-state index contributed by atoms with van der Waals surface area (Å²) in [5.41, 5.74) is 2.46. The Hall–Kier alpha value is -7.42. The van der Waals surface area contributed by atoms with E-state index < -0.39 is 35.0 Å². The number of carboxylic acids is 1. The summed E-state index contributed by atoms with van der Waals surface area (Å²) in [5, 5.41) is 24.3. The van der Waals surface area contributed by atoms with Gasteiger partial charge < -0.3 is 38.4 Å². The molecule has 0 spiro atoms. The van der Waals surface area contributed by atoms with Crippen LogP contribution in [0.2, 0.25) is 0 Å². The summed E-state index contributed by atoms with van der Waals surface area (Å²) in [6.07, 6.45) is 0.0237. The highest BCUT2D eigenvalue weighted by Gasteiger charge is 2.22. The fourth-order valence-electron chi connectivity index (χ4n) is 6.41. The smallest absolute Gasteiger partial charge is 0.497 e. The van der Waals surface area contributed by atoms with Crippen molar-refractivity contribution in [2.75, 3.05) is 41.2 Å². The zero-order valence-corrected chi connectivity index (χ0v) is 38.4. The second kappa shape index (κ2) is 25.2. The number of ether oxygens (including phenoxy) is 6. The second-order valence-electron chi connectivity index (χ2n) is 15.7. The lowest BCUT2D eigenvalue weighted by Gasteiger charge is -2.13. The number of fused-ring (bicyclic) bond motifs is 3. The molecule has 0 aliphatic heterocycles. The maximum Gasteiger partial charge on any atom is 0.516 e. The van der Waals surface area contributed by atoms with Crippen LogP contribution < -0.4 is 14.2 Å². The first kappa shape index (κ1) is 51.2. The number of carbonyl (C=O) groups is 4. The summed E-state index contributed by atoms with van der Waals surface area (Å²) in [5.74, 6) is -0.646. The Morgan fingerprint density at radius 2 is 0.909 bits per heavy atom. The molecule has 0 fully saturated rings. The number of unbranched alkanes of at least 4 members (excludes halogenated alkanes) is 1. The zero-order valence-electron chi connectivity index (χ0n) is 38.4. The number of carbonyl (C=O) groups excluding carboxylic acids is 3. The molecule has 15 nitrogen and oxygen atoms in total. The standard InChI is InChI=1S/C19H22O5.C18H21NO6.C14H14O3/c1-12(2)11-23-19(21)24-18(20)13(3)14-5-6-16-10-17(22-4)8-7-15(16)9-14;1-13(18(20)24-9-3-4-10-25-19(21)22)14-5-6-16-12-17(23-2)8-7-15(16)11-14;1-9(14(15)16)10-3-4-12-8-13(17-2)6-5-11(12)7-10/h5-10,12-13H,11H2,1-4H3;5-8,11-13H,3-4,9-10H2,1-2H3;3-9H,1-2H3,(H,15,16)/t2*13-;9-/m000/s1. The lowest BCUT2D eigenvalue weighted by atomic mass is 9.98. The predicted octanol–water partition coefficient (Wildman–Crippen LogP) is 10.8. The van der Waals surface area contributed by atoms with Crippen LogP contribution in [-0.2, 0) is 33.4 Å². The minimum Gasteiger partial charge on any atom is -0.497 e. The summed E-state index contributed by atoms with van der Waals surface area (Å²) in [6, 6.07) is 34.4. The first-order valence-corrected chi connectivity index (χ1v) is 21.3. The van der Waals surface area contributed by atoms with Gasteiger partial charge >= 0.3 is 24.1 Å². The van der Waals surface area contributed by atoms with Gasteiger partial charge in [-0.15, -0.1) is 10.1 Å². The average Bonchev–Trinajstić information content (AvgIpc) is 3.32. The molecule has 350 valence electrons. The molecule has 0 saturated heterocycles. The Bertz CT molecular complexity index is 2610. The van der Waals surface area contributed by atoms with Crippen molar-refractivity contribution in [2.24, 2.45) is 5.92 Å². The highest BCUT2D eigenvalue weighted by molar-refractivity contribution is 5.90. The molecule has 6 aromatic carbocycles. The van der Waals surface area contributed by atoms with Crippen molar-refractivity contribution in [1.82, 2.24) is 0 Å². The Labute approximate surface area is 383 Å². The van der Waals surface area contributed by atoms with Crippen LogP contribution in [-0.4, -0.2) is 75.4 Å². The molecule has 6 rings (SSSR count). The van der Waals surface area contributed by atoms with Gasteiger partial charge in [-0.25, -0.2) is 4.79 Å². The highest BCUT2D eigenvalue weighted by Crippen LogP contribution is 2.28. The average molecular weight is 908 g/mol. The van der Waals surface area contributed by atoms with Gasteiger partial charge in [0.05, 0.1) is 58.9 Å². The molecule has 0 aliphatic rings. The SMILES string of the molecule is COc1ccc2cc([C@H](C)C(=O)O)ccc2c1.COc1ccc2cc([C@H](C)C(=O)OC(=O)OCC(C)C)ccc2c1.COc1ccc2cc([C@H](C)C(=O)OCCCCO[N+](=O)[O-])ccc2c1. The highest BCUT2D eigenvalue weighted by atomic mass is 16.9. The Balaban J connectivity index is 0.000000220. The van der Waals surface area contributed by atoms with E-state index in [0.717, 1.165) is 66.3 Å². The van der Waals surface area contributed by atoms with Gasteiger partial charge in [-0.2, -0.15) is 0 Å². The largest absolute Gasteiger partial charge is 0.516 e. The van der Waals surface area contributed by atoms with E-state index in [1.807, 2.05) is 123 Å². The Kier molecular flexibility index (Phi) is 19.5. The van der Waals surface area contributed by atoms with Crippen molar-refractivity contribution in [3.05, 3.63) is 136 Å². The number of carboxylic acid groups (broad SMARTS) is 1. The fourth-order valence-corrected chi connectivity index (χ4v) is 6.41. The normalized spacial score (nSPS) is 12.0. The summed E-state index contributed by atoms with van der Waals surface area (Å²) in [4.78, 5) is 60.8. The van der Waals surface area contributed by atoms with Gasteiger partial charge in [-0.1, -0.05) is 86.6 Å². The molecule has 66 heavy (non-hydrogen) atoms. The van der Waals surface area contributed by atoms with Crippen LogP contribution in [0.15, 0.2) is 109 Å². The molecule has 15 heteroatoms. The summed E-state index contributed by atoms with van der Waals surface area (Å²) < 4.78 is 30.4. The van der Waals surface area contributed by atoms with Crippen molar-refractivity contribution >= 4 is 56.4 Å². The van der Waals surface area contributed by atoms with Gasteiger partial charge in [0.15, 0.2) is 0 Å². The first-order valence-electron chi connectivity index (χ1n) is 21.3. The number of hydrogen-bond donors (Lipinski definition) is 1. The van der Waals surface area contributed by atoms with Gasteiger partial charge in [-0.05, 0) is 125 Å². The Morgan fingerprint density at radius 3 is 1.30 bits per heavy atom. The van der Waals surface area contributed by atoms with Gasteiger partial charge in [-0.3, -0.25) is 14.4 Å². The molecular formula is C51H57NO14. The third kappa shape index (κ3) is 15.4. The molecule has 0 heterocycles. The molecule has 0 radical (unpaired) electrons. The van der Waals surface area contributed by atoms with E-state index in [-0.39, 0.29) is 37.6 Å². The number of rotatable bonds is 17. The van der Waals surface area contributed by atoms with E-state index in [1.165, 1.54) is 0 Å². The van der Waals surface area contributed by atoms with Crippen LogP contribution in [0, 0.1) is 16.0 Å². The number of hydrogen-bond acceptors (Lipinski definition) is 13. The van der Waals surface area contributed by atoms with Crippen LogP contribution in [0.3, 0.4) is 0 Å². The van der Waals surface area contributed by atoms with Crippen molar-refractivity contribution in [2.45, 2.75) is 65.2 Å². The van der Waals surface area contributed by atoms with Gasteiger partial charge in [0.1, 0.15) is 17.2 Å². The van der Waals surface area contributed by atoms with Crippen molar-refractivity contribution in [1.29, 1.82) is 0 Å². The summed E-state index contributed by atoms with van der Waals surface area (Å²) in [6.45, 7) is 9.43. The van der Waals surface area contributed by atoms with Crippen LogP contribution >= 0.6 is 0 Å². The van der Waals surface area contributed by atoms with E-state index in [0.29, 0.717) is 12.8 Å². The molecule has 3 atom stereocenters. The van der Waals surface area contributed by atoms with Crippen molar-refractivity contribution in [3.8, 4) is 17.2 Å². The molecule has 1 N–H and O–H groups in total. The van der Waals surface area contributed by atoms with Crippen molar-refractivity contribution < 1.29 is 62.6 Å². The first-order chi connectivity index (χ1) is 31.5. The molecule has 0 unspecified atom stereocenters. The van der Waals surface area contributed by atoms with E-state index in [4.69, 9.17) is 33.5 Å². The minimum atomic E-state index is -0.953. The van der Waals surface area contributed by atoms with E-state index >= 15 is 0 Å². The third-order valence-corrected chi connectivity index (χ3v) is 10.5. The molecule has 6 aromatic rings. The van der Waals surface area contributed by atoms with Crippen LogP contribution in [0.4, 0.5) is 4.79 Å². The van der Waals surface area contributed by atoms with Crippen molar-refractivity contribution in [3.63, 3.8) is 0 Å². The van der Waals surface area contributed by atoms with E-state index in [9.17, 15) is 29.3 Å². The fraction of sp³-hybridized carbons (Fsp3) is 0.333. The molecule has 0 saturated carbocycles. The molecule has 0 aliphatic carbocycles. The Morgan fingerprint density at radius 1 is 0.530 bits per heavy atom. The molecular weight excluding hydrogens is 851 g/mol. The lowest BCUT2D eigenvalue weighted by Crippen LogP contribution is -2.20. The maximum atomic E-state index is 12.1.